The van der Waals surface area contributed by atoms with Crippen LogP contribution >= 0.6 is 35.0 Å². The molecule has 0 saturated heterocycles. The van der Waals surface area contributed by atoms with Crippen LogP contribution in [0.1, 0.15) is 16.9 Å². The molecule has 140 valence electrons. The van der Waals surface area contributed by atoms with Gasteiger partial charge in [0.2, 0.25) is 5.91 Å². The second kappa shape index (κ2) is 8.83. The van der Waals surface area contributed by atoms with E-state index in [1.807, 2.05) is 38.1 Å². The fourth-order valence-corrected chi connectivity index (χ4v) is 3.84. The summed E-state index contributed by atoms with van der Waals surface area (Å²) in [5, 5.41) is 8.11. The van der Waals surface area contributed by atoms with E-state index in [0.29, 0.717) is 33.0 Å². The van der Waals surface area contributed by atoms with Crippen LogP contribution < -0.4 is 5.32 Å². The van der Waals surface area contributed by atoms with Gasteiger partial charge in [0.25, 0.3) is 0 Å². The first-order chi connectivity index (χ1) is 12.9. The molecule has 7 heteroatoms. The molecular weight excluding hydrogens is 403 g/mol. The molecule has 0 aliphatic heterocycles. The zero-order valence-corrected chi connectivity index (χ0v) is 17.2. The van der Waals surface area contributed by atoms with Crippen LogP contribution in [0.3, 0.4) is 0 Å². The number of thioether (sulfide) groups is 1. The lowest BCUT2D eigenvalue weighted by molar-refractivity contribution is -0.113. The van der Waals surface area contributed by atoms with E-state index in [1.54, 1.807) is 18.2 Å². The van der Waals surface area contributed by atoms with E-state index in [1.165, 1.54) is 11.8 Å². The van der Waals surface area contributed by atoms with Gasteiger partial charge >= 0.3 is 0 Å². The second-order valence-electron chi connectivity index (χ2n) is 6.11. The number of carbonyl (C=O) groups excluding carboxylic acids is 1. The van der Waals surface area contributed by atoms with Crippen LogP contribution in [0.15, 0.2) is 47.0 Å². The molecule has 1 amide bonds. The summed E-state index contributed by atoms with van der Waals surface area (Å²) in [6, 6.07) is 13.0. The molecule has 0 unspecified atom stereocenters. The van der Waals surface area contributed by atoms with Gasteiger partial charge in [0.1, 0.15) is 11.5 Å². The Morgan fingerprint density at radius 2 is 1.89 bits per heavy atom. The van der Waals surface area contributed by atoms with Gasteiger partial charge in [-0.2, -0.15) is 0 Å². The van der Waals surface area contributed by atoms with Crippen LogP contribution in [-0.2, 0) is 10.5 Å². The van der Waals surface area contributed by atoms with Gasteiger partial charge in [0.15, 0.2) is 0 Å². The molecule has 0 saturated carbocycles. The second-order valence-corrected chi connectivity index (χ2v) is 7.94. The van der Waals surface area contributed by atoms with E-state index in [4.69, 9.17) is 27.7 Å². The zero-order chi connectivity index (χ0) is 19.4. The number of aromatic nitrogens is 1. The van der Waals surface area contributed by atoms with Gasteiger partial charge in [-0.3, -0.25) is 4.79 Å². The summed E-state index contributed by atoms with van der Waals surface area (Å²) < 4.78 is 5.35. The summed E-state index contributed by atoms with van der Waals surface area (Å²) in [4.78, 5) is 12.2. The van der Waals surface area contributed by atoms with Gasteiger partial charge < -0.3 is 9.84 Å². The van der Waals surface area contributed by atoms with Gasteiger partial charge in [-0.1, -0.05) is 46.6 Å². The Bertz CT molecular complexity index is 952. The van der Waals surface area contributed by atoms with Crippen LogP contribution in [0.25, 0.3) is 11.3 Å². The highest BCUT2D eigenvalue weighted by molar-refractivity contribution is 7.99. The minimum Gasteiger partial charge on any atom is -0.360 e. The highest BCUT2D eigenvalue weighted by atomic mass is 35.5. The number of nitrogens with one attached hydrogen (secondary N) is 1. The number of aryl methyl sites for hydroxylation is 2. The van der Waals surface area contributed by atoms with Crippen molar-refractivity contribution in [1.29, 1.82) is 0 Å². The topological polar surface area (TPSA) is 55.1 Å². The van der Waals surface area contributed by atoms with Crippen molar-refractivity contribution in [2.24, 2.45) is 0 Å². The quantitative estimate of drug-likeness (QED) is 0.520. The van der Waals surface area contributed by atoms with Crippen LogP contribution in [-0.4, -0.2) is 16.8 Å². The third-order valence-corrected chi connectivity index (χ3v) is 5.49. The van der Waals surface area contributed by atoms with E-state index in [9.17, 15) is 4.79 Å². The Hall–Kier alpha value is -1.95. The van der Waals surface area contributed by atoms with Gasteiger partial charge in [-0.15, -0.1) is 11.8 Å². The number of halogens is 2. The minimum atomic E-state index is -0.0436. The molecule has 4 nitrogen and oxygen atoms in total. The summed E-state index contributed by atoms with van der Waals surface area (Å²) in [7, 11) is 0. The van der Waals surface area contributed by atoms with Gasteiger partial charge in [-0.05, 0) is 43.2 Å². The van der Waals surface area contributed by atoms with Gasteiger partial charge in [0, 0.05) is 22.3 Å². The summed E-state index contributed by atoms with van der Waals surface area (Å²) >= 11 is 13.6. The van der Waals surface area contributed by atoms with Gasteiger partial charge in [0.05, 0.1) is 16.5 Å². The monoisotopic (exact) mass is 420 g/mol. The van der Waals surface area contributed by atoms with E-state index < -0.39 is 0 Å². The SMILES string of the molecule is Cc1cccc(C)c1NC(=O)CSCc1cc(-c2ccc(Cl)cc2Cl)no1. The molecule has 0 aliphatic rings. The van der Waals surface area contributed by atoms with Crippen molar-refractivity contribution in [2.45, 2.75) is 19.6 Å². The average molecular weight is 421 g/mol. The lowest BCUT2D eigenvalue weighted by Crippen LogP contribution is -2.15. The Balaban J connectivity index is 1.55. The maximum atomic E-state index is 12.2. The zero-order valence-electron chi connectivity index (χ0n) is 14.9. The van der Waals surface area contributed by atoms with Crippen LogP contribution in [0.4, 0.5) is 5.69 Å². The maximum absolute atomic E-state index is 12.2. The van der Waals surface area contributed by atoms with Crippen molar-refractivity contribution in [3.8, 4) is 11.3 Å². The molecule has 2 aromatic carbocycles. The third-order valence-electron chi connectivity index (χ3n) is 3.99. The smallest absolute Gasteiger partial charge is 0.234 e. The van der Waals surface area contributed by atoms with Gasteiger partial charge in [-0.25, -0.2) is 0 Å². The minimum absolute atomic E-state index is 0.0436. The Labute approximate surface area is 172 Å². The predicted molar refractivity (Wildman–Crippen MR) is 113 cm³/mol. The number of para-hydroxylation sites is 1. The first-order valence-corrected chi connectivity index (χ1v) is 10.2. The van der Waals surface area contributed by atoms with E-state index in [-0.39, 0.29) is 5.91 Å². The maximum Gasteiger partial charge on any atom is 0.234 e. The highest BCUT2D eigenvalue weighted by Crippen LogP contribution is 2.30. The van der Waals surface area contributed by atoms with Crippen LogP contribution in [0.2, 0.25) is 10.0 Å². The largest absolute Gasteiger partial charge is 0.360 e. The number of hydrogen-bond acceptors (Lipinski definition) is 4. The summed E-state index contributed by atoms with van der Waals surface area (Å²) in [6.45, 7) is 3.96. The standard InChI is InChI=1S/C20H18Cl2N2O2S/c1-12-4-3-5-13(2)20(12)23-19(25)11-27-10-15-9-18(24-26-15)16-7-6-14(21)8-17(16)22/h3-9H,10-11H2,1-2H3,(H,23,25). The van der Waals surface area contributed by atoms with Crippen molar-refractivity contribution in [3.63, 3.8) is 0 Å². The average Bonchev–Trinajstić information content (AvgIpc) is 3.07. The number of rotatable bonds is 6. The van der Waals surface area contributed by atoms with Crippen LogP contribution in [0.5, 0.6) is 0 Å². The predicted octanol–water partition coefficient (Wildman–Crippen LogP) is 6.14. The molecule has 0 aliphatic carbocycles. The normalized spacial score (nSPS) is 10.8. The summed E-state index contributed by atoms with van der Waals surface area (Å²) in [6.07, 6.45) is 0. The first kappa shape index (κ1) is 19.8. The summed E-state index contributed by atoms with van der Waals surface area (Å²) in [5.74, 6) is 1.50. The Kier molecular flexibility index (Phi) is 6.47. The Morgan fingerprint density at radius 3 is 2.59 bits per heavy atom. The Morgan fingerprint density at radius 1 is 1.15 bits per heavy atom. The fraction of sp³-hybridized carbons (Fsp3) is 0.200. The molecule has 3 aromatic rings. The lowest BCUT2D eigenvalue weighted by atomic mass is 10.1. The van der Waals surface area contributed by atoms with E-state index in [0.717, 1.165) is 22.4 Å². The lowest BCUT2D eigenvalue weighted by Gasteiger charge is -2.10. The molecule has 27 heavy (non-hydrogen) atoms. The molecule has 1 heterocycles. The van der Waals surface area contributed by atoms with Crippen LogP contribution in [0, 0.1) is 13.8 Å². The highest BCUT2D eigenvalue weighted by Gasteiger charge is 2.12. The number of nitrogens with zero attached hydrogens (tertiary/aromatic N) is 1. The molecule has 0 atom stereocenters. The fourth-order valence-electron chi connectivity index (χ4n) is 2.64. The summed E-state index contributed by atoms with van der Waals surface area (Å²) in [5.41, 5.74) is 4.38. The van der Waals surface area contributed by atoms with E-state index in [2.05, 4.69) is 10.5 Å². The van der Waals surface area contributed by atoms with Crippen molar-refractivity contribution < 1.29 is 9.32 Å². The number of benzene rings is 2. The van der Waals surface area contributed by atoms with Crippen molar-refractivity contribution in [1.82, 2.24) is 5.16 Å². The molecule has 3 rings (SSSR count). The van der Waals surface area contributed by atoms with Crippen molar-refractivity contribution >= 4 is 46.6 Å². The molecule has 0 bridgehead atoms. The van der Waals surface area contributed by atoms with E-state index >= 15 is 0 Å². The molecule has 0 spiro atoms. The number of hydrogen-bond donors (Lipinski definition) is 1. The third kappa shape index (κ3) is 5.06. The van der Waals surface area contributed by atoms with Crippen molar-refractivity contribution in [3.05, 3.63) is 69.4 Å². The first-order valence-electron chi connectivity index (χ1n) is 8.29. The molecule has 0 radical (unpaired) electrons. The molecule has 0 fully saturated rings. The van der Waals surface area contributed by atoms with Crippen molar-refractivity contribution in [2.75, 3.05) is 11.1 Å². The number of carbonyl (C=O) groups is 1. The molecular formula is C20H18Cl2N2O2S. The molecule has 1 N–H and O–H groups in total. The molecule has 1 aromatic heterocycles. The number of anilines is 1. The number of amides is 1.